The highest BCUT2D eigenvalue weighted by Crippen LogP contribution is 2.68. The molecule has 5 fully saturated rings. The summed E-state index contributed by atoms with van der Waals surface area (Å²) in [6.07, 6.45) is 8.47. The van der Waals surface area contributed by atoms with Crippen molar-refractivity contribution >= 4 is 8.32 Å². The second-order valence-corrected chi connectivity index (χ2v) is 21.0. The van der Waals surface area contributed by atoms with E-state index >= 15 is 0 Å². The van der Waals surface area contributed by atoms with Crippen LogP contribution in [0.4, 0.5) is 0 Å². The summed E-state index contributed by atoms with van der Waals surface area (Å²) in [7, 11) is -0.0746. The van der Waals surface area contributed by atoms with Gasteiger partial charge in [-0.15, -0.1) is 0 Å². The summed E-state index contributed by atoms with van der Waals surface area (Å²) >= 11 is 0. The van der Waals surface area contributed by atoms with Crippen molar-refractivity contribution in [2.24, 2.45) is 29.1 Å². The number of hydrogen-bond donors (Lipinski definition) is 0. The van der Waals surface area contributed by atoms with E-state index in [1.54, 1.807) is 0 Å². The summed E-state index contributed by atoms with van der Waals surface area (Å²) in [5, 5.41) is 0.144. The van der Waals surface area contributed by atoms with Crippen LogP contribution in [-0.2, 0) is 30.0 Å². The van der Waals surface area contributed by atoms with Gasteiger partial charge in [0.05, 0.1) is 36.6 Å². The van der Waals surface area contributed by atoms with E-state index in [9.17, 15) is 0 Å². The molecule has 6 rings (SSSR count). The lowest BCUT2D eigenvalue weighted by molar-refractivity contribution is -0.258. The molecule has 1 aromatic carbocycles. The Morgan fingerprint density at radius 2 is 1.63 bits per heavy atom. The zero-order valence-electron chi connectivity index (χ0n) is 27.2. The van der Waals surface area contributed by atoms with Crippen LogP contribution in [0.2, 0.25) is 18.1 Å². The third-order valence-corrected chi connectivity index (χ3v) is 17.2. The summed E-state index contributed by atoms with van der Waals surface area (Å²) in [4.78, 5) is 0. The molecule has 1 heterocycles. The standard InChI is InChI=1S/C35H56O5Si/c1-32(2,3)41(8,9)40-27-19-18-24-28-29(26(21-35(24,27)36-7)37-22-23-15-11-10-12-16-23)34(6)20-14-13-17-25(34)30-31(28)39-33(4,5)38-30/h10-12,15-16,24-31H,13-14,17-22H2,1-9H3/t24?,25?,26-,27-,28?,29?,30+,31+,34-,35+/m0/s1. The zero-order valence-corrected chi connectivity index (χ0v) is 28.2. The molecule has 0 bridgehead atoms. The highest BCUT2D eigenvalue weighted by molar-refractivity contribution is 6.74. The Hall–Kier alpha value is -0.763. The van der Waals surface area contributed by atoms with Gasteiger partial charge in [0.25, 0.3) is 0 Å². The fraction of sp³-hybridized carbons (Fsp3) is 0.829. The molecule has 6 heteroatoms. The van der Waals surface area contributed by atoms with E-state index in [1.165, 1.54) is 31.2 Å². The van der Waals surface area contributed by atoms with Crippen LogP contribution < -0.4 is 0 Å². The van der Waals surface area contributed by atoms with Crippen molar-refractivity contribution < 1.29 is 23.4 Å². The Morgan fingerprint density at radius 3 is 2.32 bits per heavy atom. The normalized spacial score (nSPS) is 43.6. The Bertz CT molecular complexity index is 1080. The monoisotopic (exact) mass is 584 g/mol. The minimum Gasteiger partial charge on any atom is -0.411 e. The predicted molar refractivity (Wildman–Crippen MR) is 165 cm³/mol. The van der Waals surface area contributed by atoms with E-state index in [0.29, 0.717) is 30.3 Å². The molecule has 4 aliphatic carbocycles. The summed E-state index contributed by atoms with van der Waals surface area (Å²) < 4.78 is 35.0. The van der Waals surface area contributed by atoms with Gasteiger partial charge >= 0.3 is 0 Å². The van der Waals surface area contributed by atoms with E-state index in [-0.39, 0.29) is 40.5 Å². The number of fused-ring (bicyclic) bond motifs is 8. The van der Waals surface area contributed by atoms with Crippen LogP contribution in [-0.4, -0.2) is 51.2 Å². The Kier molecular flexibility index (Phi) is 7.69. The van der Waals surface area contributed by atoms with Crippen molar-refractivity contribution in [2.75, 3.05) is 7.11 Å². The predicted octanol–water partition coefficient (Wildman–Crippen LogP) is 8.12. The molecule has 0 spiro atoms. The van der Waals surface area contributed by atoms with Gasteiger partial charge in [0.1, 0.15) is 0 Å². The van der Waals surface area contributed by atoms with Gasteiger partial charge in [0.15, 0.2) is 14.1 Å². The number of ether oxygens (including phenoxy) is 4. The summed E-state index contributed by atoms with van der Waals surface area (Å²) in [6, 6.07) is 10.7. The van der Waals surface area contributed by atoms with Gasteiger partial charge in [-0.25, -0.2) is 0 Å². The molecule has 1 aliphatic heterocycles. The third-order valence-electron chi connectivity index (χ3n) is 12.7. The lowest BCUT2D eigenvalue weighted by Crippen LogP contribution is -2.69. The SMILES string of the molecule is CO[C@]12C[C@H](OCc3ccccc3)C3C(C1CC[C@@H]2O[Si](C)(C)C(C)(C)C)[C@H]1OC(C)(C)O[C@@H]1C1CCCC[C@]31C. The highest BCUT2D eigenvalue weighted by atomic mass is 28.4. The molecule has 0 N–H and O–H groups in total. The van der Waals surface area contributed by atoms with Crippen LogP contribution in [0.25, 0.3) is 0 Å². The van der Waals surface area contributed by atoms with Crippen molar-refractivity contribution in [3.8, 4) is 0 Å². The molecule has 0 aromatic heterocycles. The molecule has 5 aliphatic rings. The van der Waals surface area contributed by atoms with Crippen molar-refractivity contribution in [3.63, 3.8) is 0 Å². The molecule has 4 unspecified atom stereocenters. The summed E-state index contributed by atoms with van der Waals surface area (Å²) in [5.41, 5.74) is 1.02. The Morgan fingerprint density at radius 1 is 0.927 bits per heavy atom. The van der Waals surface area contributed by atoms with Gasteiger partial charge < -0.3 is 23.4 Å². The Labute approximate surface area is 250 Å². The molecule has 4 saturated carbocycles. The van der Waals surface area contributed by atoms with Crippen LogP contribution >= 0.6 is 0 Å². The second-order valence-electron chi connectivity index (χ2n) is 16.3. The first-order valence-electron chi connectivity index (χ1n) is 16.5. The lowest BCUT2D eigenvalue weighted by atomic mass is 9.44. The van der Waals surface area contributed by atoms with E-state index in [4.69, 9.17) is 23.4 Å². The van der Waals surface area contributed by atoms with Crippen LogP contribution in [0, 0.1) is 29.1 Å². The molecule has 0 radical (unpaired) electrons. The molecule has 1 saturated heterocycles. The number of methoxy groups -OCH3 is 1. The number of hydrogen-bond acceptors (Lipinski definition) is 5. The molecular formula is C35H56O5Si. The highest BCUT2D eigenvalue weighted by Gasteiger charge is 2.72. The van der Waals surface area contributed by atoms with Gasteiger partial charge in [-0.1, -0.05) is 70.9 Å². The second kappa shape index (κ2) is 10.4. The largest absolute Gasteiger partial charge is 0.411 e. The minimum atomic E-state index is -2.02. The van der Waals surface area contributed by atoms with Gasteiger partial charge in [-0.05, 0) is 92.3 Å². The zero-order chi connectivity index (χ0) is 29.4. The van der Waals surface area contributed by atoms with E-state index in [1.807, 2.05) is 7.11 Å². The number of benzene rings is 1. The van der Waals surface area contributed by atoms with E-state index in [0.717, 1.165) is 19.3 Å². The molecule has 230 valence electrons. The summed E-state index contributed by atoms with van der Waals surface area (Å²) in [6.45, 7) is 19.3. The molecule has 10 atom stereocenters. The van der Waals surface area contributed by atoms with Gasteiger partial charge in [0.2, 0.25) is 0 Å². The van der Waals surface area contributed by atoms with Crippen molar-refractivity contribution in [3.05, 3.63) is 35.9 Å². The molecule has 0 amide bonds. The average Bonchev–Trinajstić information content (AvgIpc) is 3.43. The maximum atomic E-state index is 7.29. The molecule has 5 nitrogen and oxygen atoms in total. The quantitative estimate of drug-likeness (QED) is 0.316. The van der Waals surface area contributed by atoms with E-state index in [2.05, 4.69) is 85.0 Å². The average molecular weight is 585 g/mol. The fourth-order valence-electron chi connectivity index (χ4n) is 9.86. The maximum Gasteiger partial charge on any atom is 0.192 e. The maximum absolute atomic E-state index is 7.29. The van der Waals surface area contributed by atoms with Gasteiger partial charge in [-0.3, -0.25) is 0 Å². The van der Waals surface area contributed by atoms with Gasteiger partial charge in [-0.2, -0.15) is 0 Å². The van der Waals surface area contributed by atoms with Crippen molar-refractivity contribution in [2.45, 2.75) is 147 Å². The van der Waals surface area contributed by atoms with Gasteiger partial charge in [0, 0.05) is 13.5 Å². The molecular weight excluding hydrogens is 528 g/mol. The first-order valence-corrected chi connectivity index (χ1v) is 19.4. The first-order chi connectivity index (χ1) is 19.2. The Balaban J connectivity index is 1.43. The minimum absolute atomic E-state index is 0.0699. The fourth-order valence-corrected chi connectivity index (χ4v) is 11.2. The number of rotatable bonds is 6. The van der Waals surface area contributed by atoms with Crippen LogP contribution in [0.5, 0.6) is 0 Å². The van der Waals surface area contributed by atoms with Crippen molar-refractivity contribution in [1.82, 2.24) is 0 Å². The molecule has 1 aromatic rings. The lowest BCUT2D eigenvalue weighted by Gasteiger charge is -2.64. The van der Waals surface area contributed by atoms with Crippen LogP contribution in [0.15, 0.2) is 30.3 Å². The van der Waals surface area contributed by atoms with Crippen LogP contribution in [0.3, 0.4) is 0 Å². The first kappa shape index (κ1) is 30.3. The van der Waals surface area contributed by atoms with Crippen LogP contribution in [0.1, 0.15) is 92.1 Å². The van der Waals surface area contributed by atoms with Crippen molar-refractivity contribution in [1.29, 1.82) is 0 Å². The third kappa shape index (κ3) is 4.91. The molecule has 41 heavy (non-hydrogen) atoms. The summed E-state index contributed by atoms with van der Waals surface area (Å²) in [5.74, 6) is 1.04. The van der Waals surface area contributed by atoms with E-state index < -0.39 is 14.1 Å². The topological polar surface area (TPSA) is 46.2 Å². The smallest absolute Gasteiger partial charge is 0.192 e.